The second-order valence-electron chi connectivity index (χ2n) is 11.7. The maximum atomic E-state index is 6.90. The molecule has 33 heavy (non-hydrogen) atoms. The van der Waals surface area contributed by atoms with Gasteiger partial charge in [0, 0.05) is 28.8 Å². The molecule has 176 valence electrons. The number of benzene rings is 2. The zero-order valence-electron chi connectivity index (χ0n) is 20.9. The maximum absolute atomic E-state index is 6.90. The van der Waals surface area contributed by atoms with Crippen molar-refractivity contribution in [2.75, 3.05) is 6.61 Å². The molecule has 0 unspecified atom stereocenters. The van der Waals surface area contributed by atoms with Crippen LogP contribution >= 0.6 is 0 Å². The van der Waals surface area contributed by atoms with Gasteiger partial charge in [-0.15, -0.1) is 0 Å². The minimum atomic E-state index is -1.95. The monoisotopic (exact) mass is 482 g/mol. The third-order valence-corrected chi connectivity index (χ3v) is 7.72. The van der Waals surface area contributed by atoms with Crippen molar-refractivity contribution in [1.82, 2.24) is 0 Å². The Bertz CT molecular complexity index is 1140. The first-order valence-electron chi connectivity index (χ1n) is 11.6. The minimum Gasteiger partial charge on any atom is -0.544 e. The van der Waals surface area contributed by atoms with Gasteiger partial charge in [-0.3, -0.25) is 0 Å². The second-order valence-corrected chi connectivity index (χ2v) is 20.6. The Morgan fingerprint density at radius 3 is 2.36 bits per heavy atom. The molecule has 5 rings (SSSR count). The highest BCUT2D eigenvalue weighted by Gasteiger charge is 2.57. The van der Waals surface area contributed by atoms with Crippen LogP contribution in [-0.4, -0.2) is 28.8 Å². The Labute approximate surface area is 198 Å². The molecule has 0 amide bonds. The highest BCUT2D eigenvalue weighted by molar-refractivity contribution is 6.70. The molecule has 0 aromatic heterocycles. The molecule has 2 atom stereocenters. The third-order valence-electron chi connectivity index (χ3n) is 5.89. The molecule has 3 aliphatic rings. The first-order valence-corrected chi connectivity index (χ1v) is 18.5. The van der Waals surface area contributed by atoms with Crippen molar-refractivity contribution in [1.29, 1.82) is 0 Å². The summed E-state index contributed by atoms with van der Waals surface area (Å²) < 4.78 is 32.4. The van der Waals surface area contributed by atoms with Crippen LogP contribution in [0.5, 0.6) is 23.0 Å². The first kappa shape index (κ1) is 22.6. The summed E-state index contributed by atoms with van der Waals surface area (Å²) in [5, 5.41) is 0. The van der Waals surface area contributed by atoms with E-state index in [0.717, 1.165) is 39.7 Å². The average Bonchev–Trinajstić information content (AvgIpc) is 2.96. The fourth-order valence-corrected chi connectivity index (χ4v) is 7.02. The van der Waals surface area contributed by atoms with E-state index in [0.29, 0.717) is 6.61 Å². The number of fused-ring (bicyclic) bond motifs is 6. The zero-order chi connectivity index (χ0) is 23.8. The normalized spacial score (nSPS) is 24.4. The van der Waals surface area contributed by atoms with E-state index in [1.165, 1.54) is 0 Å². The van der Waals surface area contributed by atoms with E-state index >= 15 is 0 Å². The van der Waals surface area contributed by atoms with Crippen molar-refractivity contribution in [3.63, 3.8) is 0 Å². The molecular formula is C26H34O5Si2. The summed E-state index contributed by atoms with van der Waals surface area (Å²) in [6, 6.07) is 10.3. The predicted molar refractivity (Wildman–Crippen MR) is 136 cm³/mol. The number of hydrogen-bond acceptors (Lipinski definition) is 5. The van der Waals surface area contributed by atoms with Crippen molar-refractivity contribution in [3.05, 3.63) is 53.1 Å². The van der Waals surface area contributed by atoms with Crippen LogP contribution in [0.3, 0.4) is 0 Å². The lowest BCUT2D eigenvalue weighted by molar-refractivity contribution is -0.0723. The van der Waals surface area contributed by atoms with Gasteiger partial charge in [0.15, 0.2) is 20.0 Å². The lowest BCUT2D eigenvalue weighted by Gasteiger charge is -2.43. The summed E-state index contributed by atoms with van der Waals surface area (Å²) in [6.45, 7) is 17.7. The lowest BCUT2D eigenvalue weighted by Crippen LogP contribution is -2.49. The highest BCUT2D eigenvalue weighted by Crippen LogP contribution is 2.58. The van der Waals surface area contributed by atoms with E-state index < -0.39 is 22.2 Å². The molecule has 0 N–H and O–H groups in total. The van der Waals surface area contributed by atoms with E-state index in [1.54, 1.807) is 0 Å². The van der Waals surface area contributed by atoms with Gasteiger partial charge in [-0.1, -0.05) is 6.08 Å². The molecule has 0 aliphatic carbocycles. The van der Waals surface area contributed by atoms with Crippen molar-refractivity contribution in [2.45, 2.75) is 70.4 Å². The quantitative estimate of drug-likeness (QED) is 0.456. The molecule has 3 heterocycles. The predicted octanol–water partition coefficient (Wildman–Crippen LogP) is 6.66. The van der Waals surface area contributed by atoms with E-state index in [2.05, 4.69) is 77.4 Å². The SMILES string of the molecule is CC1(C)C=Cc2cc3c(cc2O1)OC[C@@]1(O[Si](C)(C)C)c2ccc(O[Si](C)(C)C)cc2O[C@@H]31. The van der Waals surface area contributed by atoms with Crippen LogP contribution in [0.4, 0.5) is 0 Å². The molecule has 0 saturated carbocycles. The van der Waals surface area contributed by atoms with Gasteiger partial charge < -0.3 is 23.1 Å². The second kappa shape index (κ2) is 7.14. The summed E-state index contributed by atoms with van der Waals surface area (Å²) >= 11 is 0. The van der Waals surface area contributed by atoms with Gasteiger partial charge in [-0.05, 0) is 77.4 Å². The molecule has 0 saturated heterocycles. The van der Waals surface area contributed by atoms with E-state index in [1.807, 2.05) is 18.2 Å². The standard InChI is InChI=1S/C26H34O5Si2/c1-25(2)12-11-17-13-19-22(15-21(17)29-25)27-16-26(31-33(6,7)8)20-10-9-18(30-32(3,4)5)14-23(20)28-24(19)26/h9-15,24H,16H2,1-8H3/t24-,26+/m0/s1. The van der Waals surface area contributed by atoms with Crippen molar-refractivity contribution in [3.8, 4) is 23.0 Å². The summed E-state index contributed by atoms with van der Waals surface area (Å²) in [4.78, 5) is 0. The summed E-state index contributed by atoms with van der Waals surface area (Å²) in [5.41, 5.74) is 2.04. The highest BCUT2D eigenvalue weighted by atomic mass is 28.4. The van der Waals surface area contributed by atoms with Crippen LogP contribution in [0.1, 0.15) is 36.6 Å². The van der Waals surface area contributed by atoms with Gasteiger partial charge in [-0.2, -0.15) is 0 Å². The van der Waals surface area contributed by atoms with Gasteiger partial charge in [0.2, 0.25) is 8.32 Å². The first-order chi connectivity index (χ1) is 15.2. The van der Waals surface area contributed by atoms with Gasteiger partial charge in [0.05, 0.1) is 0 Å². The van der Waals surface area contributed by atoms with Crippen molar-refractivity contribution >= 4 is 22.7 Å². The van der Waals surface area contributed by atoms with Crippen LogP contribution in [-0.2, 0) is 10.0 Å². The Hall–Kier alpha value is -2.23. The molecule has 2 aromatic rings. The third kappa shape index (κ3) is 4.11. The topological polar surface area (TPSA) is 46.2 Å². The van der Waals surface area contributed by atoms with E-state index in [-0.39, 0.29) is 11.7 Å². The smallest absolute Gasteiger partial charge is 0.242 e. The van der Waals surface area contributed by atoms with Gasteiger partial charge in [0.1, 0.15) is 35.2 Å². The Balaban J connectivity index is 1.61. The van der Waals surface area contributed by atoms with Gasteiger partial charge in [0.25, 0.3) is 0 Å². The van der Waals surface area contributed by atoms with E-state index in [4.69, 9.17) is 23.1 Å². The van der Waals surface area contributed by atoms with Crippen LogP contribution in [0.2, 0.25) is 39.3 Å². The Kier molecular flexibility index (Phi) is 4.88. The van der Waals surface area contributed by atoms with Gasteiger partial charge in [-0.25, -0.2) is 0 Å². The Morgan fingerprint density at radius 1 is 0.909 bits per heavy atom. The fourth-order valence-electron chi connectivity index (χ4n) is 4.82. The average molecular weight is 483 g/mol. The number of ether oxygens (including phenoxy) is 3. The van der Waals surface area contributed by atoms with Gasteiger partial charge >= 0.3 is 0 Å². The number of rotatable bonds is 4. The lowest BCUT2D eigenvalue weighted by atomic mass is 9.84. The van der Waals surface area contributed by atoms with Crippen LogP contribution in [0, 0.1) is 0 Å². The molecule has 5 nitrogen and oxygen atoms in total. The molecule has 0 spiro atoms. The Morgan fingerprint density at radius 2 is 1.67 bits per heavy atom. The van der Waals surface area contributed by atoms with Crippen LogP contribution in [0.15, 0.2) is 36.4 Å². The molecule has 3 aliphatic heterocycles. The zero-order valence-corrected chi connectivity index (χ0v) is 22.9. The fraction of sp³-hybridized carbons (Fsp3) is 0.462. The summed E-state index contributed by atoms with van der Waals surface area (Å²) in [6.07, 6.45) is 3.91. The summed E-state index contributed by atoms with van der Waals surface area (Å²) in [7, 11) is -3.69. The molecule has 0 radical (unpaired) electrons. The van der Waals surface area contributed by atoms with Crippen LogP contribution < -0.4 is 18.6 Å². The van der Waals surface area contributed by atoms with E-state index in [9.17, 15) is 0 Å². The minimum absolute atomic E-state index is 0.293. The molecular weight excluding hydrogens is 448 g/mol. The van der Waals surface area contributed by atoms with Crippen molar-refractivity contribution in [2.24, 2.45) is 0 Å². The molecule has 0 fully saturated rings. The summed E-state index contributed by atoms with van der Waals surface area (Å²) in [5.74, 6) is 3.29. The molecule has 0 bridgehead atoms. The number of hydrogen-bond donors (Lipinski definition) is 0. The molecule has 2 aromatic carbocycles. The molecule has 7 heteroatoms. The largest absolute Gasteiger partial charge is 0.544 e. The van der Waals surface area contributed by atoms with Crippen LogP contribution in [0.25, 0.3) is 6.08 Å². The maximum Gasteiger partial charge on any atom is 0.242 e. The van der Waals surface area contributed by atoms with Crippen molar-refractivity contribution < 1.29 is 23.1 Å².